The summed E-state index contributed by atoms with van der Waals surface area (Å²) in [5, 5.41) is 2.83. The standard InChI is InChI=1S/C16H16N2O3/c1-20-14-5-3-12(18-9-14)10-21-13-4-2-11-6-7-17-16(19)15(11)8-13/h2-5,8-9H,6-7,10H2,1H3,(H,17,19). The summed E-state index contributed by atoms with van der Waals surface area (Å²) in [5.74, 6) is 1.34. The molecule has 0 aliphatic carbocycles. The van der Waals surface area contributed by atoms with Crippen LogP contribution in [0.15, 0.2) is 36.5 Å². The summed E-state index contributed by atoms with van der Waals surface area (Å²) in [7, 11) is 1.60. The number of nitrogens with zero attached hydrogens (tertiary/aromatic N) is 1. The molecule has 21 heavy (non-hydrogen) atoms. The van der Waals surface area contributed by atoms with Crippen LogP contribution in [0.3, 0.4) is 0 Å². The van der Waals surface area contributed by atoms with Crippen LogP contribution in [0.1, 0.15) is 21.6 Å². The predicted octanol–water partition coefficient (Wildman–Crippen LogP) is 1.96. The number of carbonyl (C=O) groups is 1. The molecule has 5 heteroatoms. The highest BCUT2D eigenvalue weighted by Crippen LogP contribution is 2.21. The number of nitrogens with one attached hydrogen (secondary N) is 1. The fraction of sp³-hybridized carbons (Fsp3) is 0.250. The van der Waals surface area contributed by atoms with Crippen molar-refractivity contribution >= 4 is 5.91 Å². The molecule has 1 aromatic carbocycles. The number of hydrogen-bond donors (Lipinski definition) is 1. The SMILES string of the molecule is COc1ccc(COc2ccc3c(c2)C(=O)NCC3)nc1. The summed E-state index contributed by atoms with van der Waals surface area (Å²) in [5.41, 5.74) is 2.56. The highest BCUT2D eigenvalue weighted by molar-refractivity contribution is 5.97. The lowest BCUT2D eigenvalue weighted by Crippen LogP contribution is -2.31. The molecule has 108 valence electrons. The van der Waals surface area contributed by atoms with E-state index < -0.39 is 0 Å². The van der Waals surface area contributed by atoms with Gasteiger partial charge in [-0.25, -0.2) is 0 Å². The summed E-state index contributed by atoms with van der Waals surface area (Å²) in [6.45, 7) is 1.05. The highest BCUT2D eigenvalue weighted by Gasteiger charge is 2.16. The van der Waals surface area contributed by atoms with Crippen molar-refractivity contribution in [1.29, 1.82) is 0 Å². The molecular weight excluding hydrogens is 268 g/mol. The molecule has 0 spiro atoms. The van der Waals surface area contributed by atoms with Gasteiger partial charge in [0.2, 0.25) is 0 Å². The molecule has 0 bridgehead atoms. The van der Waals surface area contributed by atoms with Crippen molar-refractivity contribution in [1.82, 2.24) is 10.3 Å². The first-order chi connectivity index (χ1) is 10.3. The Morgan fingerprint density at radius 3 is 2.86 bits per heavy atom. The molecule has 1 aliphatic rings. The van der Waals surface area contributed by atoms with E-state index in [1.807, 2.05) is 24.3 Å². The average molecular weight is 284 g/mol. The van der Waals surface area contributed by atoms with Gasteiger partial charge in [-0.15, -0.1) is 0 Å². The number of hydrogen-bond acceptors (Lipinski definition) is 4. The molecule has 2 aromatic rings. The van der Waals surface area contributed by atoms with Crippen LogP contribution in [0.5, 0.6) is 11.5 Å². The van der Waals surface area contributed by atoms with Crippen LogP contribution in [0, 0.1) is 0 Å². The predicted molar refractivity (Wildman–Crippen MR) is 77.6 cm³/mol. The number of pyridine rings is 1. The normalized spacial score (nSPS) is 13.3. The molecule has 0 saturated carbocycles. The maximum Gasteiger partial charge on any atom is 0.251 e. The molecule has 2 heterocycles. The number of methoxy groups -OCH3 is 1. The zero-order valence-corrected chi connectivity index (χ0v) is 11.8. The summed E-state index contributed by atoms with van der Waals surface area (Å²) < 4.78 is 10.8. The molecule has 0 atom stereocenters. The molecule has 0 radical (unpaired) electrons. The van der Waals surface area contributed by atoms with Gasteiger partial charge in [0.05, 0.1) is 19.0 Å². The minimum absolute atomic E-state index is 0.0377. The fourth-order valence-corrected chi connectivity index (χ4v) is 2.25. The third-order valence-electron chi connectivity index (χ3n) is 3.43. The first kappa shape index (κ1) is 13.4. The molecular formula is C16H16N2O3. The Labute approximate surface area is 122 Å². The summed E-state index contributed by atoms with van der Waals surface area (Å²) >= 11 is 0. The second kappa shape index (κ2) is 5.83. The largest absolute Gasteiger partial charge is 0.495 e. The Hall–Kier alpha value is -2.56. The van der Waals surface area contributed by atoms with Gasteiger partial charge in [-0.3, -0.25) is 9.78 Å². The Bertz CT molecular complexity index is 653. The van der Waals surface area contributed by atoms with E-state index in [4.69, 9.17) is 9.47 Å². The van der Waals surface area contributed by atoms with E-state index in [0.29, 0.717) is 30.2 Å². The lowest BCUT2D eigenvalue weighted by atomic mass is 10.0. The average Bonchev–Trinajstić information content (AvgIpc) is 2.54. The van der Waals surface area contributed by atoms with Gasteiger partial charge >= 0.3 is 0 Å². The first-order valence-corrected chi connectivity index (χ1v) is 6.79. The fourth-order valence-electron chi connectivity index (χ4n) is 2.25. The van der Waals surface area contributed by atoms with Crippen molar-refractivity contribution < 1.29 is 14.3 Å². The van der Waals surface area contributed by atoms with Gasteiger partial charge in [0.15, 0.2) is 0 Å². The first-order valence-electron chi connectivity index (χ1n) is 6.79. The van der Waals surface area contributed by atoms with Crippen LogP contribution >= 0.6 is 0 Å². The van der Waals surface area contributed by atoms with Gasteiger partial charge in [-0.05, 0) is 36.2 Å². The summed E-state index contributed by atoms with van der Waals surface area (Å²) in [4.78, 5) is 16.0. The van der Waals surface area contributed by atoms with E-state index in [1.165, 1.54) is 0 Å². The van der Waals surface area contributed by atoms with Gasteiger partial charge < -0.3 is 14.8 Å². The Kier molecular flexibility index (Phi) is 3.73. The van der Waals surface area contributed by atoms with Crippen LogP contribution in [0.25, 0.3) is 0 Å². The van der Waals surface area contributed by atoms with Crippen LogP contribution in [0.2, 0.25) is 0 Å². The van der Waals surface area contributed by atoms with Crippen LogP contribution in [0.4, 0.5) is 0 Å². The van der Waals surface area contributed by atoms with E-state index >= 15 is 0 Å². The summed E-state index contributed by atoms with van der Waals surface area (Å²) in [6, 6.07) is 9.31. The molecule has 3 rings (SSSR count). The van der Waals surface area contributed by atoms with E-state index in [9.17, 15) is 4.79 Å². The zero-order chi connectivity index (χ0) is 14.7. The Balaban J connectivity index is 1.70. The third kappa shape index (κ3) is 2.97. The number of fused-ring (bicyclic) bond motifs is 1. The molecule has 0 saturated heterocycles. The number of rotatable bonds is 4. The monoisotopic (exact) mass is 284 g/mol. The lowest BCUT2D eigenvalue weighted by molar-refractivity contribution is 0.0945. The van der Waals surface area contributed by atoms with E-state index in [2.05, 4.69) is 10.3 Å². The number of aromatic nitrogens is 1. The lowest BCUT2D eigenvalue weighted by Gasteiger charge is -2.17. The van der Waals surface area contributed by atoms with E-state index in [-0.39, 0.29) is 5.91 Å². The van der Waals surface area contributed by atoms with Crippen molar-refractivity contribution in [2.24, 2.45) is 0 Å². The molecule has 0 unspecified atom stereocenters. The maximum absolute atomic E-state index is 11.8. The molecule has 1 aromatic heterocycles. The smallest absolute Gasteiger partial charge is 0.251 e. The van der Waals surface area contributed by atoms with Crippen LogP contribution < -0.4 is 14.8 Å². The topological polar surface area (TPSA) is 60.5 Å². The van der Waals surface area contributed by atoms with Crippen LogP contribution in [-0.2, 0) is 13.0 Å². The second-order valence-corrected chi connectivity index (χ2v) is 4.80. The third-order valence-corrected chi connectivity index (χ3v) is 3.43. The Morgan fingerprint density at radius 2 is 2.10 bits per heavy atom. The number of carbonyl (C=O) groups excluding carboxylic acids is 1. The highest BCUT2D eigenvalue weighted by atomic mass is 16.5. The van der Waals surface area contributed by atoms with E-state index in [1.54, 1.807) is 19.4 Å². The van der Waals surface area contributed by atoms with Gasteiger partial charge in [-0.2, -0.15) is 0 Å². The van der Waals surface area contributed by atoms with Crippen molar-refractivity contribution in [3.8, 4) is 11.5 Å². The van der Waals surface area contributed by atoms with Gasteiger partial charge in [0.25, 0.3) is 5.91 Å². The maximum atomic E-state index is 11.8. The minimum Gasteiger partial charge on any atom is -0.495 e. The van der Waals surface area contributed by atoms with Crippen molar-refractivity contribution in [2.45, 2.75) is 13.0 Å². The molecule has 1 amide bonds. The van der Waals surface area contributed by atoms with Crippen molar-refractivity contribution in [2.75, 3.05) is 13.7 Å². The summed E-state index contributed by atoms with van der Waals surface area (Å²) in [6.07, 6.45) is 2.51. The van der Waals surface area contributed by atoms with Crippen molar-refractivity contribution in [3.05, 3.63) is 53.3 Å². The van der Waals surface area contributed by atoms with Crippen molar-refractivity contribution in [3.63, 3.8) is 0 Å². The molecule has 1 aliphatic heterocycles. The van der Waals surface area contributed by atoms with Gasteiger partial charge in [-0.1, -0.05) is 6.07 Å². The van der Waals surface area contributed by atoms with Crippen LogP contribution in [-0.4, -0.2) is 24.5 Å². The second-order valence-electron chi connectivity index (χ2n) is 4.80. The zero-order valence-electron chi connectivity index (χ0n) is 11.8. The molecule has 0 fully saturated rings. The quantitative estimate of drug-likeness (QED) is 0.932. The van der Waals surface area contributed by atoms with Gasteiger partial charge in [0, 0.05) is 12.1 Å². The Morgan fingerprint density at radius 1 is 1.24 bits per heavy atom. The number of benzene rings is 1. The number of amides is 1. The number of ether oxygens (including phenoxy) is 2. The van der Waals surface area contributed by atoms with E-state index in [0.717, 1.165) is 17.7 Å². The van der Waals surface area contributed by atoms with Gasteiger partial charge in [0.1, 0.15) is 18.1 Å². The molecule has 5 nitrogen and oxygen atoms in total. The minimum atomic E-state index is -0.0377. The molecule has 1 N–H and O–H groups in total.